The van der Waals surface area contributed by atoms with E-state index < -0.39 is 18.2 Å². The van der Waals surface area contributed by atoms with Gasteiger partial charge in [-0.1, -0.05) is 6.42 Å². The summed E-state index contributed by atoms with van der Waals surface area (Å²) in [5.41, 5.74) is 0. The fourth-order valence-corrected chi connectivity index (χ4v) is 1.42. The molecule has 0 aliphatic heterocycles. The van der Waals surface area contributed by atoms with Gasteiger partial charge in [0.05, 0.1) is 0 Å². The lowest BCUT2D eigenvalue weighted by atomic mass is 10.2. The second-order valence-corrected chi connectivity index (χ2v) is 4.61. The standard InChI is InChI=1S/C14H26O6/c1-11(10-19-14(16)12(2)18-4)20-13(15)8-6-5-7-9-17-3/h11-12H,5-10H2,1-4H3. The molecule has 0 saturated heterocycles. The minimum absolute atomic E-state index is 0.0436. The van der Waals surface area contributed by atoms with Crippen LogP contribution in [0.4, 0.5) is 0 Å². The Morgan fingerprint density at radius 2 is 1.75 bits per heavy atom. The first kappa shape index (κ1) is 18.9. The summed E-state index contributed by atoms with van der Waals surface area (Å²) in [5, 5.41) is 0. The molecule has 0 radical (unpaired) electrons. The van der Waals surface area contributed by atoms with E-state index in [9.17, 15) is 9.59 Å². The normalized spacial score (nSPS) is 13.6. The molecule has 0 amide bonds. The van der Waals surface area contributed by atoms with Crippen LogP contribution in [0.1, 0.15) is 39.5 Å². The number of hydrogen-bond donors (Lipinski definition) is 0. The van der Waals surface area contributed by atoms with Crippen molar-refractivity contribution < 1.29 is 28.5 Å². The van der Waals surface area contributed by atoms with Crippen molar-refractivity contribution in [3.8, 4) is 0 Å². The van der Waals surface area contributed by atoms with E-state index in [1.54, 1.807) is 21.0 Å². The van der Waals surface area contributed by atoms with E-state index in [0.29, 0.717) is 13.0 Å². The number of rotatable bonds is 11. The minimum atomic E-state index is -0.612. The zero-order valence-electron chi connectivity index (χ0n) is 12.8. The highest BCUT2D eigenvalue weighted by Gasteiger charge is 2.16. The summed E-state index contributed by atoms with van der Waals surface area (Å²) in [5.74, 6) is -0.735. The van der Waals surface area contributed by atoms with E-state index in [1.807, 2.05) is 0 Å². The Hall–Kier alpha value is -1.14. The lowest BCUT2D eigenvalue weighted by Gasteiger charge is -2.15. The molecule has 2 unspecified atom stereocenters. The number of carbonyl (C=O) groups is 2. The molecule has 0 bridgehead atoms. The topological polar surface area (TPSA) is 71.1 Å². The third-order valence-electron chi connectivity index (χ3n) is 2.71. The van der Waals surface area contributed by atoms with Gasteiger partial charge in [0.25, 0.3) is 0 Å². The van der Waals surface area contributed by atoms with E-state index in [1.165, 1.54) is 7.11 Å². The Morgan fingerprint density at radius 3 is 2.35 bits per heavy atom. The number of ether oxygens (including phenoxy) is 4. The van der Waals surface area contributed by atoms with Crippen LogP contribution in [0, 0.1) is 0 Å². The van der Waals surface area contributed by atoms with Crippen molar-refractivity contribution in [3.05, 3.63) is 0 Å². The van der Waals surface area contributed by atoms with Crippen LogP contribution in [0.25, 0.3) is 0 Å². The smallest absolute Gasteiger partial charge is 0.335 e. The Labute approximate surface area is 120 Å². The highest BCUT2D eigenvalue weighted by Crippen LogP contribution is 2.04. The van der Waals surface area contributed by atoms with Gasteiger partial charge in [-0.2, -0.15) is 0 Å². The number of carbonyl (C=O) groups excluding carboxylic acids is 2. The van der Waals surface area contributed by atoms with Crippen molar-refractivity contribution in [2.24, 2.45) is 0 Å². The van der Waals surface area contributed by atoms with Crippen LogP contribution in [-0.2, 0) is 28.5 Å². The molecular formula is C14H26O6. The Bertz CT molecular complexity index is 279. The van der Waals surface area contributed by atoms with Crippen LogP contribution in [0.15, 0.2) is 0 Å². The summed E-state index contributed by atoms with van der Waals surface area (Å²) in [4.78, 5) is 22.8. The first-order chi connectivity index (χ1) is 9.51. The Balaban J connectivity index is 3.66. The molecule has 20 heavy (non-hydrogen) atoms. The fraction of sp³-hybridized carbons (Fsp3) is 0.857. The van der Waals surface area contributed by atoms with E-state index in [-0.39, 0.29) is 12.6 Å². The van der Waals surface area contributed by atoms with Crippen molar-refractivity contribution in [2.75, 3.05) is 27.4 Å². The van der Waals surface area contributed by atoms with E-state index in [2.05, 4.69) is 0 Å². The van der Waals surface area contributed by atoms with Gasteiger partial charge in [-0.3, -0.25) is 4.79 Å². The zero-order valence-corrected chi connectivity index (χ0v) is 12.8. The van der Waals surface area contributed by atoms with E-state index >= 15 is 0 Å². The lowest BCUT2D eigenvalue weighted by molar-refractivity contribution is -0.163. The molecule has 0 aliphatic rings. The van der Waals surface area contributed by atoms with Crippen molar-refractivity contribution in [3.63, 3.8) is 0 Å². The van der Waals surface area contributed by atoms with Crippen LogP contribution in [0.3, 0.4) is 0 Å². The Morgan fingerprint density at radius 1 is 1.05 bits per heavy atom. The molecule has 0 aliphatic carbocycles. The monoisotopic (exact) mass is 290 g/mol. The molecule has 0 N–H and O–H groups in total. The summed E-state index contributed by atoms with van der Waals surface area (Å²) in [6, 6.07) is 0. The third kappa shape index (κ3) is 9.75. The maximum absolute atomic E-state index is 11.5. The maximum Gasteiger partial charge on any atom is 0.335 e. The van der Waals surface area contributed by atoms with Crippen LogP contribution < -0.4 is 0 Å². The lowest BCUT2D eigenvalue weighted by Crippen LogP contribution is -2.27. The largest absolute Gasteiger partial charge is 0.460 e. The second kappa shape index (κ2) is 11.7. The molecule has 0 aromatic carbocycles. The average molecular weight is 290 g/mol. The van der Waals surface area contributed by atoms with Crippen molar-refractivity contribution in [2.45, 2.75) is 51.7 Å². The molecule has 0 saturated carbocycles. The van der Waals surface area contributed by atoms with E-state index in [4.69, 9.17) is 18.9 Å². The summed E-state index contributed by atoms with van der Waals surface area (Å²) < 4.78 is 19.8. The number of esters is 2. The molecule has 0 heterocycles. The SMILES string of the molecule is COCCCCCC(=O)OC(C)COC(=O)C(C)OC. The quantitative estimate of drug-likeness (QED) is 0.426. The predicted molar refractivity (Wildman–Crippen MR) is 73.3 cm³/mol. The van der Waals surface area contributed by atoms with Crippen molar-refractivity contribution in [1.29, 1.82) is 0 Å². The van der Waals surface area contributed by atoms with Gasteiger partial charge in [-0.25, -0.2) is 4.79 Å². The highest BCUT2D eigenvalue weighted by atomic mass is 16.6. The summed E-state index contributed by atoms with van der Waals surface area (Å²) >= 11 is 0. The Kier molecular flexibility index (Phi) is 11.0. The molecule has 0 fully saturated rings. The third-order valence-corrected chi connectivity index (χ3v) is 2.71. The molecular weight excluding hydrogens is 264 g/mol. The summed E-state index contributed by atoms with van der Waals surface area (Å²) in [6.07, 6.45) is 1.95. The van der Waals surface area contributed by atoms with Gasteiger partial charge in [0.15, 0.2) is 6.10 Å². The van der Waals surface area contributed by atoms with Crippen molar-refractivity contribution in [1.82, 2.24) is 0 Å². The molecule has 6 heteroatoms. The number of hydrogen-bond acceptors (Lipinski definition) is 6. The van der Waals surface area contributed by atoms with Crippen molar-refractivity contribution >= 4 is 11.9 Å². The first-order valence-corrected chi connectivity index (χ1v) is 6.89. The molecule has 118 valence electrons. The highest BCUT2D eigenvalue weighted by molar-refractivity contribution is 5.74. The maximum atomic E-state index is 11.5. The fourth-order valence-electron chi connectivity index (χ4n) is 1.42. The number of unbranched alkanes of at least 4 members (excludes halogenated alkanes) is 2. The van der Waals surface area contributed by atoms with Gasteiger partial charge in [-0.05, 0) is 26.7 Å². The summed E-state index contributed by atoms with van der Waals surface area (Å²) in [6.45, 7) is 4.04. The van der Waals surface area contributed by atoms with Gasteiger partial charge < -0.3 is 18.9 Å². The molecule has 0 rings (SSSR count). The molecule has 0 aromatic heterocycles. The molecule has 0 spiro atoms. The summed E-state index contributed by atoms with van der Waals surface area (Å²) in [7, 11) is 3.08. The van der Waals surface area contributed by atoms with E-state index in [0.717, 1.165) is 19.3 Å². The molecule has 2 atom stereocenters. The second-order valence-electron chi connectivity index (χ2n) is 4.61. The van der Waals surface area contributed by atoms with Crippen LogP contribution in [0.5, 0.6) is 0 Å². The zero-order chi connectivity index (χ0) is 15.4. The average Bonchev–Trinajstić information content (AvgIpc) is 2.43. The van der Waals surface area contributed by atoms with Crippen LogP contribution in [-0.4, -0.2) is 51.6 Å². The number of methoxy groups -OCH3 is 2. The van der Waals surface area contributed by atoms with Gasteiger partial charge in [0, 0.05) is 27.2 Å². The van der Waals surface area contributed by atoms with Gasteiger partial charge in [0.1, 0.15) is 12.7 Å². The molecule has 0 aromatic rings. The first-order valence-electron chi connectivity index (χ1n) is 6.89. The van der Waals surface area contributed by atoms with Gasteiger partial charge in [0.2, 0.25) is 0 Å². The van der Waals surface area contributed by atoms with Gasteiger partial charge >= 0.3 is 11.9 Å². The van der Waals surface area contributed by atoms with Gasteiger partial charge in [-0.15, -0.1) is 0 Å². The van der Waals surface area contributed by atoms with Crippen LogP contribution >= 0.6 is 0 Å². The van der Waals surface area contributed by atoms with Crippen LogP contribution in [0.2, 0.25) is 0 Å². The molecule has 6 nitrogen and oxygen atoms in total. The minimum Gasteiger partial charge on any atom is -0.460 e. The predicted octanol–water partition coefficient (Wildman–Crippen LogP) is 1.70.